The Labute approximate surface area is 286 Å². The van der Waals surface area contributed by atoms with Gasteiger partial charge in [-0.2, -0.15) is 38.5 Å². The van der Waals surface area contributed by atoms with Crippen LogP contribution in [0.1, 0.15) is 32.8 Å². The summed E-state index contributed by atoms with van der Waals surface area (Å²) < 4.78 is 49.3. The molecule has 1 aromatic carbocycles. The number of nitriles is 1. The third-order valence-electron chi connectivity index (χ3n) is 5.36. The minimum atomic E-state index is -4.63. The lowest BCUT2D eigenvalue weighted by Crippen LogP contribution is -2.30. The number of anilines is 3. The van der Waals surface area contributed by atoms with Crippen LogP contribution in [0.4, 0.5) is 36.6 Å². The number of carboxylic acids is 1. The normalized spacial score (nSPS) is 13.0. The van der Waals surface area contributed by atoms with Crippen molar-refractivity contribution in [3.8, 4) is 11.8 Å². The molecule has 24 heteroatoms. The Morgan fingerprint density at radius 1 is 1.21 bits per heavy atom. The molecule has 0 aliphatic rings. The number of benzene rings is 1. The van der Waals surface area contributed by atoms with Crippen molar-refractivity contribution in [3.63, 3.8) is 0 Å². The molecule has 0 aliphatic carbocycles. The Hall–Kier alpha value is -3.99. The molecular formula is C24H30Cl3F3N11O6P. The largest absolute Gasteiger partial charge is 0.480 e. The SMILES string of the molecule is CCNc1nc(Cl)nc(NC(C)(C)C#N)n1.CP(=O)(O)CCC(N)C(=O)O.Nc1c([N+](=O)[O-])cnn1-c1c(Cl)cc(C(F)(F)F)cc1Cl. The summed E-state index contributed by atoms with van der Waals surface area (Å²) in [6.07, 6.45) is -3.78. The van der Waals surface area contributed by atoms with Crippen molar-refractivity contribution >= 4 is 71.5 Å². The monoisotopic (exact) mass is 761 g/mol. The first kappa shape index (κ1) is 42.0. The fraction of sp³-hybridized carbons (Fsp3) is 0.417. The van der Waals surface area contributed by atoms with Crippen LogP contribution in [0, 0.1) is 21.4 Å². The van der Waals surface area contributed by atoms with Crippen LogP contribution >= 0.6 is 42.2 Å². The van der Waals surface area contributed by atoms with E-state index in [4.69, 9.17) is 61.5 Å². The summed E-state index contributed by atoms with van der Waals surface area (Å²) in [4.78, 5) is 40.6. The number of alkyl halides is 3. The van der Waals surface area contributed by atoms with Crippen LogP contribution in [0.2, 0.25) is 15.3 Å². The lowest BCUT2D eigenvalue weighted by atomic mass is 10.1. The Morgan fingerprint density at radius 3 is 2.17 bits per heavy atom. The molecule has 0 bridgehead atoms. The highest BCUT2D eigenvalue weighted by atomic mass is 35.5. The van der Waals surface area contributed by atoms with Crippen molar-refractivity contribution in [3.05, 3.63) is 49.3 Å². The molecule has 2 heterocycles. The molecule has 0 aliphatic heterocycles. The predicted molar refractivity (Wildman–Crippen MR) is 173 cm³/mol. The number of hydrogen-bond donors (Lipinski definition) is 6. The number of nitrogens with two attached hydrogens (primary N) is 2. The van der Waals surface area contributed by atoms with Crippen LogP contribution in [0.5, 0.6) is 0 Å². The zero-order valence-corrected chi connectivity index (χ0v) is 28.6. The minimum Gasteiger partial charge on any atom is -0.480 e. The lowest BCUT2D eigenvalue weighted by molar-refractivity contribution is -0.383. The highest BCUT2D eigenvalue weighted by Crippen LogP contribution is 2.39. The summed E-state index contributed by atoms with van der Waals surface area (Å²) in [5.41, 5.74) is 8.12. The molecule has 0 amide bonds. The smallest absolute Gasteiger partial charge is 0.416 e. The van der Waals surface area contributed by atoms with Gasteiger partial charge >= 0.3 is 17.8 Å². The number of nitrogen functional groups attached to an aromatic ring is 1. The Morgan fingerprint density at radius 2 is 1.75 bits per heavy atom. The van der Waals surface area contributed by atoms with E-state index in [1.54, 1.807) is 13.8 Å². The van der Waals surface area contributed by atoms with Crippen molar-refractivity contribution in [2.24, 2.45) is 5.73 Å². The highest BCUT2D eigenvalue weighted by Gasteiger charge is 2.33. The molecule has 264 valence electrons. The van der Waals surface area contributed by atoms with Crippen molar-refractivity contribution < 1.29 is 37.5 Å². The third-order valence-corrected chi connectivity index (χ3v) is 7.19. The standard InChI is InChI=1S/C10H5Cl2F3N4O2.C9H13ClN6.C5H12NO4P/c11-5-1-4(10(13,14)15)2-6(12)8(5)18-9(16)7(3-17-18)19(20)21;1-4-12-7-13-6(10)14-8(15-7)16-9(2,3)5-11;1-11(9,10)3-2-4(6)5(7)8/h1-3H,16H2;4H2,1-3H3,(H2,12,13,14,15,16);4H,2-3,6H2,1H3,(H,7,8)(H,9,10). The van der Waals surface area contributed by atoms with Gasteiger partial charge in [0.1, 0.15) is 23.5 Å². The van der Waals surface area contributed by atoms with Crippen LogP contribution in [0.25, 0.3) is 5.69 Å². The van der Waals surface area contributed by atoms with Gasteiger partial charge in [0.2, 0.25) is 23.0 Å². The molecule has 3 aromatic rings. The number of rotatable bonds is 10. The highest BCUT2D eigenvalue weighted by molar-refractivity contribution is 7.57. The van der Waals surface area contributed by atoms with Crippen molar-refractivity contribution in [2.75, 3.05) is 35.7 Å². The van der Waals surface area contributed by atoms with Gasteiger partial charge < -0.3 is 32.1 Å². The second-order valence-corrected chi connectivity index (χ2v) is 13.7. The molecule has 0 saturated heterocycles. The zero-order chi connectivity index (χ0) is 37.2. The first-order valence-corrected chi connectivity index (χ1v) is 16.5. The van der Waals surface area contributed by atoms with Crippen molar-refractivity contribution in [2.45, 2.75) is 44.9 Å². The van der Waals surface area contributed by atoms with Gasteiger partial charge in [0.25, 0.3) is 0 Å². The number of nitrogens with zero attached hydrogens (tertiary/aromatic N) is 7. The van der Waals surface area contributed by atoms with E-state index in [9.17, 15) is 32.6 Å². The lowest BCUT2D eigenvalue weighted by Gasteiger charge is -2.17. The maximum Gasteiger partial charge on any atom is 0.416 e. The summed E-state index contributed by atoms with van der Waals surface area (Å²) in [5.74, 6) is -0.872. The van der Waals surface area contributed by atoms with Gasteiger partial charge in [-0.3, -0.25) is 19.5 Å². The van der Waals surface area contributed by atoms with E-state index < -0.39 is 53.1 Å². The average Bonchev–Trinajstić information content (AvgIpc) is 3.31. The second kappa shape index (κ2) is 17.4. The predicted octanol–water partition coefficient (Wildman–Crippen LogP) is 5.05. The van der Waals surface area contributed by atoms with E-state index in [1.807, 2.05) is 6.92 Å². The third kappa shape index (κ3) is 13.6. The number of carbonyl (C=O) groups is 1. The second-order valence-electron chi connectivity index (χ2n) is 10.0. The average molecular weight is 763 g/mol. The molecule has 2 unspecified atom stereocenters. The number of nitro groups is 1. The van der Waals surface area contributed by atoms with E-state index in [1.165, 1.54) is 6.66 Å². The summed E-state index contributed by atoms with van der Waals surface area (Å²) >= 11 is 17.3. The maximum atomic E-state index is 12.6. The van der Waals surface area contributed by atoms with Crippen LogP contribution in [-0.2, 0) is 15.5 Å². The molecule has 8 N–H and O–H groups in total. The topological polar surface area (TPSA) is 274 Å². The fourth-order valence-electron chi connectivity index (χ4n) is 3.05. The Balaban J connectivity index is 0.000000380. The van der Waals surface area contributed by atoms with Crippen molar-refractivity contribution in [1.29, 1.82) is 5.26 Å². The molecule has 48 heavy (non-hydrogen) atoms. The Kier molecular flexibility index (Phi) is 15.3. The summed E-state index contributed by atoms with van der Waals surface area (Å²) in [6, 6.07) is 2.32. The number of halogens is 6. The molecule has 3 rings (SSSR count). The van der Waals surface area contributed by atoms with Crippen LogP contribution in [0.3, 0.4) is 0 Å². The van der Waals surface area contributed by atoms with Crippen LogP contribution in [-0.4, -0.2) is 76.6 Å². The van der Waals surface area contributed by atoms with E-state index in [2.05, 4.69) is 36.8 Å². The van der Waals surface area contributed by atoms with Gasteiger partial charge in [0.15, 0.2) is 7.37 Å². The number of carboxylic acid groups (broad SMARTS) is 1. The van der Waals surface area contributed by atoms with Gasteiger partial charge in [-0.1, -0.05) is 23.2 Å². The minimum absolute atomic E-state index is 0.0412. The Bertz CT molecular complexity index is 1680. The number of hydrogen-bond acceptors (Lipinski definition) is 13. The van der Waals surface area contributed by atoms with Crippen molar-refractivity contribution in [1.82, 2.24) is 24.7 Å². The van der Waals surface area contributed by atoms with Crippen LogP contribution in [0.15, 0.2) is 18.3 Å². The molecular weight excluding hydrogens is 733 g/mol. The molecule has 0 saturated carbocycles. The summed E-state index contributed by atoms with van der Waals surface area (Å²) in [7, 11) is -3.10. The van der Waals surface area contributed by atoms with Gasteiger partial charge in [-0.25, -0.2) is 4.68 Å². The van der Waals surface area contributed by atoms with E-state index >= 15 is 0 Å². The number of aromatic nitrogens is 5. The van der Waals surface area contributed by atoms with E-state index in [-0.39, 0.29) is 39.5 Å². The quantitative estimate of drug-likeness (QED) is 0.0896. The van der Waals surface area contributed by atoms with Crippen LogP contribution < -0.4 is 22.1 Å². The fourth-order valence-corrected chi connectivity index (χ4v) is 4.62. The van der Waals surface area contributed by atoms with E-state index in [0.717, 1.165) is 10.9 Å². The molecule has 17 nitrogen and oxygen atoms in total. The maximum absolute atomic E-state index is 12.6. The molecule has 0 spiro atoms. The van der Waals surface area contributed by atoms with E-state index in [0.29, 0.717) is 24.6 Å². The van der Waals surface area contributed by atoms with Gasteiger partial charge in [-0.15, -0.1) is 0 Å². The van der Waals surface area contributed by atoms with Gasteiger partial charge in [0, 0.05) is 19.4 Å². The van der Waals surface area contributed by atoms with Gasteiger partial charge in [0.05, 0.1) is 26.6 Å². The molecule has 2 aromatic heterocycles. The first-order chi connectivity index (χ1) is 21.9. The molecule has 0 fully saturated rings. The molecule has 2 atom stereocenters. The zero-order valence-electron chi connectivity index (χ0n) is 25.5. The number of nitrogens with one attached hydrogen (secondary N) is 2. The first-order valence-electron chi connectivity index (χ1n) is 13.1. The summed E-state index contributed by atoms with van der Waals surface area (Å²) in [6.45, 7) is 7.22. The number of aliphatic carboxylic acids is 1. The summed E-state index contributed by atoms with van der Waals surface area (Å²) in [5, 5.41) is 36.5. The van der Waals surface area contributed by atoms with Gasteiger partial charge in [-0.05, 0) is 50.9 Å². The molecule has 0 radical (unpaired) electrons.